The Labute approximate surface area is 97.9 Å². The summed E-state index contributed by atoms with van der Waals surface area (Å²) in [6.45, 7) is 6.56. The lowest BCUT2D eigenvalue weighted by Gasteiger charge is -2.09. The molecule has 2 aromatic rings. The Morgan fingerprint density at radius 1 is 0.875 bits per heavy atom. The summed E-state index contributed by atoms with van der Waals surface area (Å²) in [5.74, 6) is 0. The maximum absolute atomic E-state index is 2.29. The quantitative estimate of drug-likeness (QED) is 0.683. The zero-order valence-electron chi connectivity index (χ0n) is 10.2. The van der Waals surface area contributed by atoms with Gasteiger partial charge in [0.05, 0.1) is 0 Å². The van der Waals surface area contributed by atoms with Gasteiger partial charge in [-0.2, -0.15) is 0 Å². The molecule has 0 atom stereocenters. The van der Waals surface area contributed by atoms with Crippen LogP contribution in [0.15, 0.2) is 42.5 Å². The lowest BCUT2D eigenvalue weighted by Crippen LogP contribution is -1.88. The van der Waals surface area contributed by atoms with Crippen LogP contribution in [0.4, 0.5) is 0 Å². The molecule has 0 aliphatic heterocycles. The molecule has 0 bridgehead atoms. The molecular weight excluding hydrogens is 192 g/mol. The summed E-state index contributed by atoms with van der Waals surface area (Å²) < 4.78 is 0. The van der Waals surface area contributed by atoms with Crippen LogP contribution >= 0.6 is 0 Å². The number of rotatable bonds is 2. The fourth-order valence-electron chi connectivity index (χ4n) is 2.16. The molecule has 0 heterocycles. The standard InChI is InChI=1S/C16H18/c1-4-14-9-10-15(11-13(14)3)16-8-6-5-7-12(16)2/h5-11H,4H2,1-3H3. The third-order valence-electron chi connectivity index (χ3n) is 3.18. The van der Waals surface area contributed by atoms with Crippen LogP contribution in [0.1, 0.15) is 23.6 Å². The Balaban J connectivity index is 2.50. The predicted molar refractivity (Wildman–Crippen MR) is 70.7 cm³/mol. The maximum Gasteiger partial charge on any atom is -0.0155 e. The Kier molecular flexibility index (Phi) is 3.09. The second kappa shape index (κ2) is 4.52. The highest BCUT2D eigenvalue weighted by atomic mass is 14.1. The summed E-state index contributed by atoms with van der Waals surface area (Å²) in [6.07, 6.45) is 1.11. The van der Waals surface area contributed by atoms with Crippen molar-refractivity contribution in [2.24, 2.45) is 0 Å². The molecule has 82 valence electrons. The summed E-state index contributed by atoms with van der Waals surface area (Å²) in [5.41, 5.74) is 6.84. The van der Waals surface area contributed by atoms with Gasteiger partial charge in [-0.1, -0.05) is 49.4 Å². The molecule has 0 saturated heterocycles. The SMILES string of the molecule is CCc1ccc(-c2ccccc2C)cc1C. The van der Waals surface area contributed by atoms with Gasteiger partial charge in [0.25, 0.3) is 0 Å². The third kappa shape index (κ3) is 2.01. The van der Waals surface area contributed by atoms with Crippen LogP contribution in [0.2, 0.25) is 0 Å². The van der Waals surface area contributed by atoms with Crippen molar-refractivity contribution in [2.45, 2.75) is 27.2 Å². The minimum absolute atomic E-state index is 1.11. The van der Waals surface area contributed by atoms with E-state index in [0.717, 1.165) is 6.42 Å². The van der Waals surface area contributed by atoms with Gasteiger partial charge in [-0.15, -0.1) is 0 Å². The van der Waals surface area contributed by atoms with Crippen molar-refractivity contribution < 1.29 is 0 Å². The zero-order chi connectivity index (χ0) is 11.5. The number of benzene rings is 2. The van der Waals surface area contributed by atoms with Crippen LogP contribution in [0.5, 0.6) is 0 Å². The number of aryl methyl sites for hydroxylation is 3. The molecule has 2 rings (SSSR count). The van der Waals surface area contributed by atoms with Gasteiger partial charge in [-0.25, -0.2) is 0 Å². The minimum Gasteiger partial charge on any atom is -0.0620 e. The summed E-state index contributed by atoms with van der Waals surface area (Å²) in [4.78, 5) is 0. The van der Waals surface area contributed by atoms with Crippen molar-refractivity contribution in [3.63, 3.8) is 0 Å². The molecule has 16 heavy (non-hydrogen) atoms. The molecule has 2 aromatic carbocycles. The normalized spacial score (nSPS) is 10.4. The van der Waals surface area contributed by atoms with Crippen molar-refractivity contribution in [1.82, 2.24) is 0 Å². The highest BCUT2D eigenvalue weighted by Gasteiger charge is 2.02. The topological polar surface area (TPSA) is 0 Å². The number of hydrogen-bond donors (Lipinski definition) is 0. The van der Waals surface area contributed by atoms with E-state index in [0.29, 0.717) is 0 Å². The Bertz CT molecular complexity index is 495. The van der Waals surface area contributed by atoms with Gasteiger partial charge >= 0.3 is 0 Å². The fraction of sp³-hybridized carbons (Fsp3) is 0.250. The molecular formula is C16H18. The fourth-order valence-corrected chi connectivity index (χ4v) is 2.16. The smallest absolute Gasteiger partial charge is 0.0155 e. The van der Waals surface area contributed by atoms with Crippen molar-refractivity contribution in [3.8, 4) is 11.1 Å². The Morgan fingerprint density at radius 3 is 2.25 bits per heavy atom. The molecule has 0 aromatic heterocycles. The van der Waals surface area contributed by atoms with Crippen LogP contribution in [0, 0.1) is 13.8 Å². The predicted octanol–water partition coefficient (Wildman–Crippen LogP) is 4.53. The van der Waals surface area contributed by atoms with Gasteiger partial charge in [-0.3, -0.25) is 0 Å². The van der Waals surface area contributed by atoms with Gasteiger partial charge in [0.1, 0.15) is 0 Å². The first kappa shape index (κ1) is 10.9. The molecule has 0 spiro atoms. The average molecular weight is 210 g/mol. The van der Waals surface area contributed by atoms with E-state index in [9.17, 15) is 0 Å². The average Bonchev–Trinajstić information content (AvgIpc) is 2.29. The van der Waals surface area contributed by atoms with Gasteiger partial charge in [0, 0.05) is 0 Å². The first-order valence-corrected chi connectivity index (χ1v) is 5.88. The summed E-state index contributed by atoms with van der Waals surface area (Å²) in [5, 5.41) is 0. The van der Waals surface area contributed by atoms with E-state index >= 15 is 0 Å². The third-order valence-corrected chi connectivity index (χ3v) is 3.18. The van der Waals surface area contributed by atoms with Crippen molar-refractivity contribution in [3.05, 3.63) is 59.2 Å². The molecule has 0 unspecified atom stereocenters. The summed E-state index contributed by atoms with van der Waals surface area (Å²) >= 11 is 0. The monoisotopic (exact) mass is 210 g/mol. The van der Waals surface area contributed by atoms with Gasteiger partial charge < -0.3 is 0 Å². The van der Waals surface area contributed by atoms with Gasteiger partial charge in [0.15, 0.2) is 0 Å². The van der Waals surface area contributed by atoms with E-state index in [1.807, 2.05) is 0 Å². The van der Waals surface area contributed by atoms with Crippen molar-refractivity contribution in [2.75, 3.05) is 0 Å². The molecule has 0 radical (unpaired) electrons. The highest BCUT2D eigenvalue weighted by molar-refractivity contribution is 5.68. The zero-order valence-corrected chi connectivity index (χ0v) is 10.2. The Hall–Kier alpha value is -1.56. The van der Waals surface area contributed by atoms with E-state index in [2.05, 4.69) is 63.2 Å². The van der Waals surface area contributed by atoms with Crippen LogP contribution in [-0.2, 0) is 6.42 Å². The number of hydrogen-bond acceptors (Lipinski definition) is 0. The molecule has 0 fully saturated rings. The maximum atomic E-state index is 2.29. The first-order valence-electron chi connectivity index (χ1n) is 5.88. The molecule has 0 amide bonds. The molecule has 0 saturated carbocycles. The molecule has 0 aliphatic rings. The van der Waals surface area contributed by atoms with Crippen molar-refractivity contribution in [1.29, 1.82) is 0 Å². The van der Waals surface area contributed by atoms with Crippen LogP contribution in [0.25, 0.3) is 11.1 Å². The summed E-state index contributed by atoms with van der Waals surface area (Å²) in [6, 6.07) is 15.3. The van der Waals surface area contributed by atoms with Crippen LogP contribution in [-0.4, -0.2) is 0 Å². The van der Waals surface area contributed by atoms with E-state index < -0.39 is 0 Å². The van der Waals surface area contributed by atoms with E-state index in [1.165, 1.54) is 27.8 Å². The lowest BCUT2D eigenvalue weighted by atomic mass is 9.96. The summed E-state index contributed by atoms with van der Waals surface area (Å²) in [7, 11) is 0. The minimum atomic E-state index is 1.11. The molecule has 0 heteroatoms. The molecule has 0 aliphatic carbocycles. The first-order chi connectivity index (χ1) is 7.72. The second-order valence-electron chi connectivity index (χ2n) is 4.31. The Morgan fingerprint density at radius 2 is 1.62 bits per heavy atom. The second-order valence-corrected chi connectivity index (χ2v) is 4.31. The van der Waals surface area contributed by atoms with Gasteiger partial charge in [0.2, 0.25) is 0 Å². The van der Waals surface area contributed by atoms with E-state index in [4.69, 9.17) is 0 Å². The van der Waals surface area contributed by atoms with Crippen molar-refractivity contribution >= 4 is 0 Å². The van der Waals surface area contributed by atoms with E-state index in [1.54, 1.807) is 0 Å². The van der Waals surface area contributed by atoms with E-state index in [-0.39, 0.29) is 0 Å². The molecule has 0 N–H and O–H groups in total. The lowest BCUT2D eigenvalue weighted by molar-refractivity contribution is 1.11. The van der Waals surface area contributed by atoms with Gasteiger partial charge in [-0.05, 0) is 48.1 Å². The molecule has 0 nitrogen and oxygen atoms in total. The van der Waals surface area contributed by atoms with Crippen LogP contribution < -0.4 is 0 Å². The highest BCUT2D eigenvalue weighted by Crippen LogP contribution is 2.25. The van der Waals surface area contributed by atoms with Crippen LogP contribution in [0.3, 0.4) is 0 Å². The largest absolute Gasteiger partial charge is 0.0620 e.